The monoisotopic (exact) mass is 225 g/mol. The summed E-state index contributed by atoms with van der Waals surface area (Å²) in [4.78, 5) is 14.2. The fraction of sp³-hybridized carbons (Fsp3) is 0.917. The van der Waals surface area contributed by atoms with E-state index in [0.717, 1.165) is 38.4 Å². The second-order valence-corrected chi connectivity index (χ2v) is 5.12. The number of hydrogen-bond acceptors (Lipinski definition) is 3. The second kappa shape index (κ2) is 5.15. The van der Waals surface area contributed by atoms with Crippen LogP contribution < -0.4 is 11.1 Å². The first-order valence-corrected chi connectivity index (χ1v) is 6.50. The zero-order valence-electron chi connectivity index (χ0n) is 10.1. The third kappa shape index (κ3) is 2.95. The molecule has 2 fully saturated rings. The van der Waals surface area contributed by atoms with Crippen molar-refractivity contribution in [2.24, 2.45) is 5.73 Å². The van der Waals surface area contributed by atoms with Crippen LogP contribution >= 0.6 is 0 Å². The first kappa shape index (κ1) is 11.9. The highest BCUT2D eigenvalue weighted by molar-refractivity contribution is 5.81. The topological polar surface area (TPSA) is 58.4 Å². The van der Waals surface area contributed by atoms with Crippen molar-refractivity contribution in [3.63, 3.8) is 0 Å². The number of hydrogen-bond donors (Lipinski definition) is 2. The largest absolute Gasteiger partial charge is 0.351 e. The molecule has 0 aromatic heterocycles. The van der Waals surface area contributed by atoms with E-state index in [4.69, 9.17) is 5.73 Å². The van der Waals surface area contributed by atoms with E-state index < -0.39 is 0 Å². The molecular weight excluding hydrogens is 202 g/mol. The highest BCUT2D eigenvalue weighted by Crippen LogP contribution is 2.29. The van der Waals surface area contributed by atoms with Gasteiger partial charge in [0.05, 0.1) is 6.04 Å². The molecule has 1 amide bonds. The molecule has 2 atom stereocenters. The minimum atomic E-state index is -0.319. The lowest BCUT2D eigenvalue weighted by Crippen LogP contribution is -2.46. The molecule has 1 aliphatic heterocycles. The van der Waals surface area contributed by atoms with E-state index in [2.05, 4.69) is 17.1 Å². The van der Waals surface area contributed by atoms with E-state index in [1.165, 1.54) is 12.8 Å². The van der Waals surface area contributed by atoms with Crippen LogP contribution in [0, 0.1) is 0 Å². The van der Waals surface area contributed by atoms with Crippen molar-refractivity contribution in [2.45, 2.75) is 57.2 Å². The second-order valence-electron chi connectivity index (χ2n) is 5.12. The van der Waals surface area contributed by atoms with Crippen molar-refractivity contribution in [1.29, 1.82) is 0 Å². The van der Waals surface area contributed by atoms with Gasteiger partial charge in [-0.1, -0.05) is 13.3 Å². The molecule has 1 heterocycles. The standard InChI is InChI=1S/C12H23N3O/c1-2-3-11(13)12(16)14-9-6-7-15(8-9)10-4-5-10/h9-11H,2-8,13H2,1H3,(H,14,16)/t9?,11-/m1/s1. The molecule has 2 aliphatic rings. The smallest absolute Gasteiger partial charge is 0.237 e. The Balaban J connectivity index is 1.71. The van der Waals surface area contributed by atoms with Gasteiger partial charge in [-0.15, -0.1) is 0 Å². The van der Waals surface area contributed by atoms with E-state index in [-0.39, 0.29) is 11.9 Å². The zero-order chi connectivity index (χ0) is 11.5. The van der Waals surface area contributed by atoms with Gasteiger partial charge in [-0.05, 0) is 25.7 Å². The van der Waals surface area contributed by atoms with Crippen LogP contribution in [0.1, 0.15) is 39.0 Å². The molecular formula is C12H23N3O. The molecule has 2 rings (SSSR count). The lowest BCUT2D eigenvalue weighted by molar-refractivity contribution is -0.123. The summed E-state index contributed by atoms with van der Waals surface area (Å²) in [7, 11) is 0. The number of rotatable bonds is 5. The zero-order valence-corrected chi connectivity index (χ0v) is 10.1. The Labute approximate surface area is 97.6 Å². The summed E-state index contributed by atoms with van der Waals surface area (Å²) in [6, 6.07) is 0.821. The first-order chi connectivity index (χ1) is 7.70. The van der Waals surface area contributed by atoms with Gasteiger partial charge in [-0.3, -0.25) is 9.69 Å². The molecule has 1 saturated heterocycles. The van der Waals surface area contributed by atoms with Gasteiger partial charge < -0.3 is 11.1 Å². The molecule has 0 spiro atoms. The molecule has 0 aromatic carbocycles. The van der Waals surface area contributed by atoms with Gasteiger partial charge in [-0.2, -0.15) is 0 Å². The van der Waals surface area contributed by atoms with Gasteiger partial charge in [0, 0.05) is 25.2 Å². The molecule has 0 radical (unpaired) electrons. The van der Waals surface area contributed by atoms with Crippen LogP contribution in [0.3, 0.4) is 0 Å². The van der Waals surface area contributed by atoms with E-state index in [0.29, 0.717) is 6.04 Å². The molecule has 92 valence electrons. The van der Waals surface area contributed by atoms with Crippen LogP contribution in [0.4, 0.5) is 0 Å². The van der Waals surface area contributed by atoms with Crippen LogP contribution in [0.2, 0.25) is 0 Å². The number of nitrogens with two attached hydrogens (primary N) is 1. The summed E-state index contributed by atoms with van der Waals surface area (Å²) in [6.07, 6.45) is 5.52. The SMILES string of the molecule is CCC[C@@H](N)C(=O)NC1CCN(C2CC2)C1. The minimum absolute atomic E-state index is 0.0319. The summed E-state index contributed by atoms with van der Waals surface area (Å²) in [5.74, 6) is 0.0319. The Hall–Kier alpha value is -0.610. The van der Waals surface area contributed by atoms with E-state index in [1.54, 1.807) is 0 Å². The van der Waals surface area contributed by atoms with Crippen molar-refractivity contribution < 1.29 is 4.79 Å². The Morgan fingerprint density at radius 3 is 2.88 bits per heavy atom. The van der Waals surface area contributed by atoms with E-state index in [9.17, 15) is 4.79 Å². The molecule has 0 bridgehead atoms. The summed E-state index contributed by atoms with van der Waals surface area (Å²) in [5, 5.41) is 3.07. The summed E-state index contributed by atoms with van der Waals surface area (Å²) in [5.41, 5.74) is 5.79. The van der Waals surface area contributed by atoms with Crippen LogP contribution in [-0.4, -0.2) is 42.0 Å². The number of carbonyl (C=O) groups excluding carboxylic acids is 1. The first-order valence-electron chi connectivity index (χ1n) is 6.50. The predicted octanol–water partition coefficient (Wildman–Crippen LogP) is 0.467. The predicted molar refractivity (Wildman–Crippen MR) is 64.0 cm³/mol. The number of carbonyl (C=O) groups is 1. The van der Waals surface area contributed by atoms with Gasteiger partial charge >= 0.3 is 0 Å². The molecule has 3 N–H and O–H groups in total. The van der Waals surface area contributed by atoms with Crippen molar-refractivity contribution in [3.8, 4) is 0 Å². The maximum absolute atomic E-state index is 11.7. The maximum Gasteiger partial charge on any atom is 0.237 e. The number of amides is 1. The summed E-state index contributed by atoms with van der Waals surface area (Å²) < 4.78 is 0. The van der Waals surface area contributed by atoms with Gasteiger partial charge in [-0.25, -0.2) is 0 Å². The molecule has 1 aliphatic carbocycles. The van der Waals surface area contributed by atoms with Crippen LogP contribution in [-0.2, 0) is 4.79 Å². The Bertz CT molecular complexity index is 253. The Morgan fingerprint density at radius 2 is 2.25 bits per heavy atom. The fourth-order valence-corrected chi connectivity index (χ4v) is 2.43. The molecule has 1 unspecified atom stereocenters. The molecule has 1 saturated carbocycles. The Morgan fingerprint density at radius 1 is 1.50 bits per heavy atom. The number of nitrogens with zero attached hydrogens (tertiary/aromatic N) is 1. The normalized spacial score (nSPS) is 28.0. The van der Waals surface area contributed by atoms with Gasteiger partial charge in [0.25, 0.3) is 0 Å². The fourth-order valence-electron chi connectivity index (χ4n) is 2.43. The van der Waals surface area contributed by atoms with Crippen molar-refractivity contribution in [1.82, 2.24) is 10.2 Å². The molecule has 4 nitrogen and oxygen atoms in total. The highest BCUT2D eigenvalue weighted by Gasteiger charge is 2.35. The van der Waals surface area contributed by atoms with Crippen molar-refractivity contribution in [2.75, 3.05) is 13.1 Å². The van der Waals surface area contributed by atoms with E-state index >= 15 is 0 Å². The third-order valence-corrected chi connectivity index (χ3v) is 3.57. The highest BCUT2D eigenvalue weighted by atomic mass is 16.2. The quantitative estimate of drug-likeness (QED) is 0.715. The molecule has 0 aromatic rings. The number of nitrogens with one attached hydrogen (secondary N) is 1. The molecule has 16 heavy (non-hydrogen) atoms. The Kier molecular flexibility index (Phi) is 3.82. The summed E-state index contributed by atoms with van der Waals surface area (Å²) in [6.45, 7) is 4.21. The van der Waals surface area contributed by atoms with E-state index in [1.807, 2.05) is 0 Å². The number of likely N-dealkylation sites (tertiary alicyclic amines) is 1. The lowest BCUT2D eigenvalue weighted by atomic mass is 10.1. The average molecular weight is 225 g/mol. The molecule has 4 heteroatoms. The summed E-state index contributed by atoms with van der Waals surface area (Å²) >= 11 is 0. The van der Waals surface area contributed by atoms with Gasteiger partial charge in [0.15, 0.2) is 0 Å². The van der Waals surface area contributed by atoms with Gasteiger partial charge in [0.2, 0.25) is 5.91 Å². The average Bonchev–Trinajstić information content (AvgIpc) is 3.01. The maximum atomic E-state index is 11.7. The lowest BCUT2D eigenvalue weighted by Gasteiger charge is -2.17. The van der Waals surface area contributed by atoms with Crippen molar-refractivity contribution >= 4 is 5.91 Å². The van der Waals surface area contributed by atoms with Crippen LogP contribution in [0.25, 0.3) is 0 Å². The minimum Gasteiger partial charge on any atom is -0.351 e. The third-order valence-electron chi connectivity index (χ3n) is 3.57. The van der Waals surface area contributed by atoms with Crippen molar-refractivity contribution in [3.05, 3.63) is 0 Å². The van der Waals surface area contributed by atoms with Crippen LogP contribution in [0.5, 0.6) is 0 Å². The van der Waals surface area contributed by atoms with Gasteiger partial charge in [0.1, 0.15) is 0 Å². The van der Waals surface area contributed by atoms with Crippen LogP contribution in [0.15, 0.2) is 0 Å².